The van der Waals surface area contributed by atoms with Crippen LogP contribution in [0, 0.1) is 0 Å². The van der Waals surface area contributed by atoms with E-state index in [4.69, 9.17) is 4.74 Å². The smallest absolute Gasteiger partial charge is 0.209 e. The lowest BCUT2D eigenvalue weighted by atomic mass is 10.0. The number of rotatable bonds is 6. The van der Waals surface area contributed by atoms with E-state index in [1.54, 1.807) is 4.68 Å². The van der Waals surface area contributed by atoms with Crippen LogP contribution in [0.1, 0.15) is 23.2 Å². The van der Waals surface area contributed by atoms with Crippen LogP contribution in [0.15, 0.2) is 47.6 Å². The Kier molecular flexibility index (Phi) is 4.76. The molecule has 0 saturated carbocycles. The van der Waals surface area contributed by atoms with Crippen LogP contribution in [-0.4, -0.2) is 44.5 Å². The minimum absolute atomic E-state index is 0.0773. The molecule has 6 nitrogen and oxygen atoms in total. The van der Waals surface area contributed by atoms with Gasteiger partial charge in [0.2, 0.25) is 5.16 Å². The maximum absolute atomic E-state index is 12.7. The maximum atomic E-state index is 12.7. The van der Waals surface area contributed by atoms with Gasteiger partial charge >= 0.3 is 0 Å². The van der Waals surface area contributed by atoms with Crippen molar-refractivity contribution in [2.75, 3.05) is 12.4 Å². The van der Waals surface area contributed by atoms with Crippen LogP contribution < -0.4 is 0 Å². The van der Waals surface area contributed by atoms with Gasteiger partial charge in [-0.15, -0.1) is 5.10 Å². The average Bonchev–Trinajstić information content (AvgIpc) is 3.31. The normalized spacial score (nSPS) is 17.2. The Morgan fingerprint density at radius 2 is 2.12 bits per heavy atom. The first-order chi connectivity index (χ1) is 12.3. The maximum Gasteiger partial charge on any atom is 0.209 e. The third-order valence-corrected chi connectivity index (χ3v) is 5.28. The highest BCUT2D eigenvalue weighted by molar-refractivity contribution is 7.99. The number of carbonyl (C=O) groups excluding carboxylic acids is 1. The fourth-order valence-electron chi connectivity index (χ4n) is 3.07. The lowest BCUT2D eigenvalue weighted by Crippen LogP contribution is -2.17. The number of tetrazole rings is 1. The van der Waals surface area contributed by atoms with E-state index in [-0.39, 0.29) is 11.9 Å². The monoisotopic (exact) mass is 354 g/mol. The SMILES string of the molecule is O=C(CSc1nnnn1C[C@H]1CCCO1)c1cccc2ccccc12. The minimum Gasteiger partial charge on any atom is -0.376 e. The third kappa shape index (κ3) is 3.57. The van der Waals surface area contributed by atoms with E-state index in [0.717, 1.165) is 35.8 Å². The number of ketones is 1. The van der Waals surface area contributed by atoms with Gasteiger partial charge in [0.25, 0.3) is 0 Å². The average molecular weight is 354 g/mol. The first-order valence-electron chi connectivity index (χ1n) is 8.33. The van der Waals surface area contributed by atoms with Crippen molar-refractivity contribution in [3.63, 3.8) is 0 Å². The van der Waals surface area contributed by atoms with E-state index in [1.807, 2.05) is 42.5 Å². The standard InChI is InChI=1S/C18H18N4O2S/c23-17(16-9-3-6-13-5-1-2-8-15(13)16)12-25-18-19-20-21-22(18)11-14-7-4-10-24-14/h1-3,5-6,8-9,14H,4,7,10-12H2/t14-/m1/s1. The molecular formula is C18H18N4O2S. The van der Waals surface area contributed by atoms with Gasteiger partial charge < -0.3 is 4.74 Å². The van der Waals surface area contributed by atoms with Gasteiger partial charge in [-0.1, -0.05) is 54.2 Å². The second-order valence-corrected chi connectivity index (χ2v) is 6.96. The van der Waals surface area contributed by atoms with E-state index in [0.29, 0.717) is 17.5 Å². The molecule has 1 aromatic heterocycles. The number of fused-ring (bicyclic) bond motifs is 1. The van der Waals surface area contributed by atoms with Crippen molar-refractivity contribution in [1.82, 2.24) is 20.2 Å². The molecule has 1 aliphatic rings. The summed E-state index contributed by atoms with van der Waals surface area (Å²) in [6, 6.07) is 13.7. The van der Waals surface area contributed by atoms with Gasteiger partial charge in [0, 0.05) is 12.2 Å². The second-order valence-electron chi connectivity index (χ2n) is 6.02. The molecule has 1 aliphatic heterocycles. The molecule has 2 aromatic carbocycles. The molecule has 1 saturated heterocycles. The molecule has 0 aliphatic carbocycles. The fourth-order valence-corrected chi connectivity index (χ4v) is 3.84. The summed E-state index contributed by atoms with van der Waals surface area (Å²) in [5, 5.41) is 14.5. The highest BCUT2D eigenvalue weighted by atomic mass is 32.2. The van der Waals surface area contributed by atoms with E-state index in [9.17, 15) is 4.79 Å². The van der Waals surface area contributed by atoms with Crippen LogP contribution in [0.25, 0.3) is 10.8 Å². The van der Waals surface area contributed by atoms with Gasteiger partial charge in [0.15, 0.2) is 5.78 Å². The summed E-state index contributed by atoms with van der Waals surface area (Å²) in [7, 11) is 0. The number of aromatic nitrogens is 4. The Morgan fingerprint density at radius 1 is 1.24 bits per heavy atom. The number of thioether (sulfide) groups is 1. The fraction of sp³-hybridized carbons (Fsp3) is 0.333. The summed E-state index contributed by atoms with van der Waals surface area (Å²) in [5.41, 5.74) is 0.740. The Bertz CT molecular complexity index is 884. The van der Waals surface area contributed by atoms with Crippen LogP contribution in [0.3, 0.4) is 0 Å². The molecule has 0 amide bonds. The number of hydrogen-bond donors (Lipinski definition) is 0. The quantitative estimate of drug-likeness (QED) is 0.501. The number of ether oxygens (including phenoxy) is 1. The summed E-state index contributed by atoms with van der Waals surface area (Å²) >= 11 is 1.37. The Morgan fingerprint density at radius 3 is 3.00 bits per heavy atom. The first-order valence-corrected chi connectivity index (χ1v) is 9.31. The van der Waals surface area contributed by atoms with Crippen molar-refractivity contribution >= 4 is 28.3 Å². The van der Waals surface area contributed by atoms with Crippen molar-refractivity contribution in [2.45, 2.75) is 30.6 Å². The van der Waals surface area contributed by atoms with Crippen molar-refractivity contribution in [1.29, 1.82) is 0 Å². The van der Waals surface area contributed by atoms with Crippen LogP contribution in [0.5, 0.6) is 0 Å². The zero-order valence-electron chi connectivity index (χ0n) is 13.7. The minimum atomic E-state index is 0.0773. The Balaban J connectivity index is 1.46. The largest absolute Gasteiger partial charge is 0.376 e. The zero-order chi connectivity index (χ0) is 17.1. The molecule has 0 unspecified atom stereocenters. The number of hydrogen-bond acceptors (Lipinski definition) is 6. The first kappa shape index (κ1) is 16.2. The number of benzene rings is 2. The third-order valence-electron chi connectivity index (χ3n) is 4.32. The summed E-state index contributed by atoms with van der Waals surface area (Å²) in [4.78, 5) is 12.7. The van der Waals surface area contributed by atoms with Crippen molar-refractivity contribution in [3.05, 3.63) is 48.0 Å². The molecule has 2 heterocycles. The predicted molar refractivity (Wildman–Crippen MR) is 95.8 cm³/mol. The predicted octanol–water partition coefficient (Wildman–Crippen LogP) is 2.98. The Hall–Kier alpha value is -2.25. The van der Waals surface area contributed by atoms with Gasteiger partial charge in [-0.05, 0) is 34.0 Å². The second kappa shape index (κ2) is 7.33. The molecule has 1 atom stereocenters. The molecular weight excluding hydrogens is 336 g/mol. The summed E-state index contributed by atoms with van der Waals surface area (Å²) in [6.07, 6.45) is 2.27. The molecule has 1 fully saturated rings. The summed E-state index contributed by atoms with van der Waals surface area (Å²) in [6.45, 7) is 1.44. The molecule has 128 valence electrons. The highest BCUT2D eigenvalue weighted by Crippen LogP contribution is 2.23. The van der Waals surface area contributed by atoms with Crippen LogP contribution in [0.4, 0.5) is 0 Å². The molecule has 3 aromatic rings. The number of nitrogens with zero attached hydrogens (tertiary/aromatic N) is 4. The van der Waals surface area contributed by atoms with E-state index < -0.39 is 0 Å². The van der Waals surface area contributed by atoms with Crippen LogP contribution in [-0.2, 0) is 11.3 Å². The van der Waals surface area contributed by atoms with E-state index >= 15 is 0 Å². The van der Waals surface area contributed by atoms with Crippen LogP contribution in [0.2, 0.25) is 0 Å². The van der Waals surface area contributed by atoms with Gasteiger partial charge in [0.1, 0.15) is 0 Å². The van der Waals surface area contributed by atoms with Crippen molar-refractivity contribution < 1.29 is 9.53 Å². The number of carbonyl (C=O) groups is 1. The lowest BCUT2D eigenvalue weighted by molar-refractivity contribution is 0.0912. The summed E-state index contributed by atoms with van der Waals surface area (Å²) < 4.78 is 7.36. The zero-order valence-corrected chi connectivity index (χ0v) is 14.5. The van der Waals surface area contributed by atoms with E-state index in [1.165, 1.54) is 11.8 Å². The molecule has 4 rings (SSSR count). The van der Waals surface area contributed by atoms with Gasteiger partial charge in [-0.25, -0.2) is 4.68 Å². The van der Waals surface area contributed by atoms with E-state index in [2.05, 4.69) is 15.5 Å². The van der Waals surface area contributed by atoms with Crippen molar-refractivity contribution in [3.8, 4) is 0 Å². The number of Topliss-reactive ketones (excluding diaryl/α,β-unsaturated/α-hetero) is 1. The molecule has 0 radical (unpaired) electrons. The molecule has 7 heteroatoms. The molecule has 0 bridgehead atoms. The van der Waals surface area contributed by atoms with Gasteiger partial charge in [0.05, 0.1) is 18.4 Å². The lowest BCUT2D eigenvalue weighted by Gasteiger charge is -2.10. The van der Waals surface area contributed by atoms with Gasteiger partial charge in [-0.3, -0.25) is 4.79 Å². The van der Waals surface area contributed by atoms with Crippen molar-refractivity contribution in [2.24, 2.45) is 0 Å². The van der Waals surface area contributed by atoms with Crippen LogP contribution >= 0.6 is 11.8 Å². The Labute approximate surface area is 149 Å². The molecule has 0 spiro atoms. The van der Waals surface area contributed by atoms with Gasteiger partial charge in [-0.2, -0.15) is 0 Å². The molecule has 0 N–H and O–H groups in total. The highest BCUT2D eigenvalue weighted by Gasteiger charge is 2.19. The molecule has 25 heavy (non-hydrogen) atoms. The topological polar surface area (TPSA) is 69.9 Å². The summed E-state index contributed by atoms with van der Waals surface area (Å²) in [5.74, 6) is 0.383.